The van der Waals surface area contributed by atoms with E-state index >= 15 is 0 Å². The number of halogens is 1. The molecule has 2 rings (SSSR count). The normalized spacial score (nSPS) is 18.4. The lowest BCUT2D eigenvalue weighted by atomic mass is 9.89. The molecule has 1 aliphatic rings. The Labute approximate surface area is 113 Å². The first-order chi connectivity index (χ1) is 7.98. The third-order valence-corrected chi connectivity index (χ3v) is 4.78. The van der Waals surface area contributed by atoms with Gasteiger partial charge in [0.25, 0.3) is 0 Å². The van der Waals surface area contributed by atoms with E-state index in [0.717, 1.165) is 10.6 Å². The van der Waals surface area contributed by atoms with Crippen LogP contribution in [0.4, 0.5) is 0 Å². The van der Waals surface area contributed by atoms with Crippen LogP contribution in [-0.2, 0) is 5.54 Å². The highest BCUT2D eigenvalue weighted by Gasteiger charge is 2.20. The number of rotatable bonds is 2. The quantitative estimate of drug-likeness (QED) is 0.873. The van der Waals surface area contributed by atoms with Crippen molar-refractivity contribution in [1.29, 1.82) is 0 Å². The van der Waals surface area contributed by atoms with Gasteiger partial charge in [0.2, 0.25) is 0 Å². The zero-order chi connectivity index (χ0) is 12.5. The van der Waals surface area contributed by atoms with Gasteiger partial charge in [-0.3, -0.25) is 0 Å². The Hall–Kier alpha value is -0.180. The summed E-state index contributed by atoms with van der Waals surface area (Å²) in [7, 11) is 0. The highest BCUT2D eigenvalue weighted by molar-refractivity contribution is 7.99. The Bertz CT molecular complexity index is 392. The summed E-state index contributed by atoms with van der Waals surface area (Å²) in [6.45, 7) is 4.02. The highest BCUT2D eigenvalue weighted by Crippen LogP contribution is 2.36. The van der Waals surface area contributed by atoms with Crippen LogP contribution in [0.2, 0.25) is 5.02 Å². The number of nitrogens with two attached hydrogens (primary N) is 1. The maximum Gasteiger partial charge on any atom is 0.0444 e. The molecular weight excluding hydrogens is 250 g/mol. The van der Waals surface area contributed by atoms with Crippen LogP contribution in [0.1, 0.15) is 43.7 Å². The summed E-state index contributed by atoms with van der Waals surface area (Å²) < 4.78 is 0. The van der Waals surface area contributed by atoms with E-state index in [1.165, 1.54) is 29.9 Å². The second-order valence-electron chi connectivity index (χ2n) is 5.34. The molecule has 1 aliphatic heterocycles. The van der Waals surface area contributed by atoms with Crippen LogP contribution in [0, 0.1) is 0 Å². The molecule has 1 saturated heterocycles. The maximum absolute atomic E-state index is 6.41. The van der Waals surface area contributed by atoms with E-state index in [4.69, 9.17) is 17.3 Å². The first kappa shape index (κ1) is 13.3. The second-order valence-corrected chi connectivity index (χ2v) is 6.98. The van der Waals surface area contributed by atoms with Crippen molar-refractivity contribution in [3.8, 4) is 0 Å². The molecule has 94 valence electrons. The Morgan fingerprint density at radius 1 is 1.29 bits per heavy atom. The molecule has 1 aromatic carbocycles. The smallest absolute Gasteiger partial charge is 0.0444 e. The molecule has 1 nitrogen and oxygen atoms in total. The van der Waals surface area contributed by atoms with Gasteiger partial charge < -0.3 is 5.73 Å². The van der Waals surface area contributed by atoms with Crippen molar-refractivity contribution in [2.45, 2.75) is 38.1 Å². The van der Waals surface area contributed by atoms with Gasteiger partial charge in [-0.25, -0.2) is 0 Å². The zero-order valence-electron chi connectivity index (χ0n) is 10.5. The van der Waals surface area contributed by atoms with Crippen molar-refractivity contribution < 1.29 is 0 Å². The van der Waals surface area contributed by atoms with Crippen molar-refractivity contribution in [2.24, 2.45) is 5.73 Å². The summed E-state index contributed by atoms with van der Waals surface area (Å²) >= 11 is 8.45. The Kier molecular flexibility index (Phi) is 4.06. The molecule has 0 atom stereocenters. The summed E-state index contributed by atoms with van der Waals surface area (Å²) in [5.74, 6) is 3.15. The predicted octanol–water partition coefficient (Wildman–Crippen LogP) is 4.14. The summed E-state index contributed by atoms with van der Waals surface area (Å²) in [6, 6.07) is 6.34. The predicted molar refractivity (Wildman–Crippen MR) is 78.0 cm³/mol. The minimum absolute atomic E-state index is 0.315. The Balaban J connectivity index is 2.25. The van der Waals surface area contributed by atoms with E-state index in [-0.39, 0.29) is 5.54 Å². The summed E-state index contributed by atoms with van der Waals surface area (Å²) in [6.07, 6.45) is 2.49. The van der Waals surface area contributed by atoms with Crippen LogP contribution in [0.3, 0.4) is 0 Å². The third kappa shape index (κ3) is 3.18. The lowest BCUT2D eigenvalue weighted by Crippen LogP contribution is -2.28. The van der Waals surface area contributed by atoms with Gasteiger partial charge in [-0.1, -0.05) is 23.7 Å². The fraction of sp³-hybridized carbons (Fsp3) is 0.571. The fourth-order valence-electron chi connectivity index (χ4n) is 2.27. The van der Waals surface area contributed by atoms with Gasteiger partial charge >= 0.3 is 0 Å². The number of hydrogen-bond acceptors (Lipinski definition) is 2. The minimum atomic E-state index is -0.315. The van der Waals surface area contributed by atoms with Crippen molar-refractivity contribution in [3.05, 3.63) is 34.3 Å². The van der Waals surface area contributed by atoms with E-state index < -0.39 is 0 Å². The van der Waals surface area contributed by atoms with Gasteiger partial charge in [-0.15, -0.1) is 0 Å². The van der Waals surface area contributed by atoms with Gasteiger partial charge in [0.15, 0.2) is 0 Å². The number of benzene rings is 1. The average molecular weight is 270 g/mol. The first-order valence-corrected chi connectivity index (χ1v) is 7.68. The third-order valence-electron chi connectivity index (χ3n) is 3.41. The van der Waals surface area contributed by atoms with Gasteiger partial charge in [0.05, 0.1) is 0 Å². The largest absolute Gasteiger partial charge is 0.322 e. The molecule has 0 radical (unpaired) electrons. The standard InChI is InChI=1S/C14H20ClNS/c1-14(2,16)11-3-4-12(13(15)9-11)10-5-7-17-8-6-10/h3-4,9-10H,5-8,16H2,1-2H3. The molecular formula is C14H20ClNS. The molecule has 3 heteroatoms. The highest BCUT2D eigenvalue weighted by atomic mass is 35.5. The molecule has 0 amide bonds. The lowest BCUT2D eigenvalue weighted by molar-refractivity contribution is 0.553. The van der Waals surface area contributed by atoms with Crippen molar-refractivity contribution in [2.75, 3.05) is 11.5 Å². The van der Waals surface area contributed by atoms with Crippen LogP contribution in [0.25, 0.3) is 0 Å². The lowest BCUT2D eigenvalue weighted by Gasteiger charge is -2.25. The monoisotopic (exact) mass is 269 g/mol. The number of thioether (sulfide) groups is 1. The van der Waals surface area contributed by atoms with Crippen molar-refractivity contribution in [3.63, 3.8) is 0 Å². The first-order valence-electron chi connectivity index (χ1n) is 6.15. The minimum Gasteiger partial charge on any atom is -0.322 e. The van der Waals surface area contributed by atoms with Crippen LogP contribution in [0.5, 0.6) is 0 Å². The SMILES string of the molecule is CC(C)(N)c1ccc(C2CCSCC2)c(Cl)c1. The van der Waals surface area contributed by atoms with E-state index in [1.807, 2.05) is 31.7 Å². The van der Waals surface area contributed by atoms with Gasteiger partial charge in [0.1, 0.15) is 0 Å². The molecule has 17 heavy (non-hydrogen) atoms. The van der Waals surface area contributed by atoms with Crippen LogP contribution in [0.15, 0.2) is 18.2 Å². The van der Waals surface area contributed by atoms with Gasteiger partial charge in [-0.2, -0.15) is 11.8 Å². The van der Waals surface area contributed by atoms with E-state index in [2.05, 4.69) is 12.1 Å². The molecule has 1 aromatic rings. The average Bonchev–Trinajstić information content (AvgIpc) is 2.29. The molecule has 0 unspecified atom stereocenters. The summed E-state index contributed by atoms with van der Waals surface area (Å²) in [5.41, 5.74) is 8.19. The molecule has 1 heterocycles. The summed E-state index contributed by atoms with van der Waals surface area (Å²) in [4.78, 5) is 0. The van der Waals surface area contributed by atoms with E-state index in [1.54, 1.807) is 0 Å². The molecule has 2 N–H and O–H groups in total. The summed E-state index contributed by atoms with van der Waals surface area (Å²) in [5, 5.41) is 0.887. The Morgan fingerprint density at radius 3 is 2.47 bits per heavy atom. The van der Waals surface area contributed by atoms with E-state index in [9.17, 15) is 0 Å². The van der Waals surface area contributed by atoms with Gasteiger partial charge in [-0.05, 0) is 61.3 Å². The van der Waals surface area contributed by atoms with Crippen molar-refractivity contribution in [1.82, 2.24) is 0 Å². The number of hydrogen-bond donors (Lipinski definition) is 1. The fourth-order valence-corrected chi connectivity index (χ4v) is 3.71. The second kappa shape index (κ2) is 5.21. The molecule has 0 aromatic heterocycles. The molecule has 0 bridgehead atoms. The topological polar surface area (TPSA) is 26.0 Å². The molecule has 0 spiro atoms. The maximum atomic E-state index is 6.41. The molecule has 1 fully saturated rings. The Morgan fingerprint density at radius 2 is 1.94 bits per heavy atom. The van der Waals surface area contributed by atoms with E-state index in [0.29, 0.717) is 5.92 Å². The zero-order valence-corrected chi connectivity index (χ0v) is 12.1. The van der Waals surface area contributed by atoms with Crippen LogP contribution >= 0.6 is 23.4 Å². The van der Waals surface area contributed by atoms with Gasteiger partial charge in [0, 0.05) is 10.6 Å². The molecule has 0 saturated carbocycles. The van der Waals surface area contributed by atoms with Crippen molar-refractivity contribution >= 4 is 23.4 Å². The van der Waals surface area contributed by atoms with Crippen LogP contribution in [-0.4, -0.2) is 11.5 Å². The molecule has 0 aliphatic carbocycles. The van der Waals surface area contributed by atoms with Crippen LogP contribution < -0.4 is 5.73 Å².